The topological polar surface area (TPSA) is 99.9 Å². The average Bonchev–Trinajstić information content (AvgIpc) is 3.17. The Bertz CT molecular complexity index is 1560. The van der Waals surface area contributed by atoms with Gasteiger partial charge in [0.15, 0.2) is 5.82 Å². The largest absolute Gasteiger partial charge is 0.497 e. The number of pyridine rings is 1. The second-order valence-corrected chi connectivity index (χ2v) is 8.89. The van der Waals surface area contributed by atoms with Gasteiger partial charge < -0.3 is 4.74 Å². The fraction of sp³-hybridized carbons (Fsp3) is 0.0909. The summed E-state index contributed by atoms with van der Waals surface area (Å²) in [6.45, 7) is 0. The number of nitrogens with zero attached hydrogens (tertiary/aromatic N) is 5. The van der Waals surface area contributed by atoms with E-state index in [1.54, 1.807) is 17.7 Å². The molecule has 0 saturated heterocycles. The normalized spacial score (nSPS) is 11.8. The van der Waals surface area contributed by atoms with E-state index >= 15 is 0 Å². The molecule has 0 atom stereocenters. The van der Waals surface area contributed by atoms with E-state index < -0.39 is 9.84 Å². The second-order valence-electron chi connectivity index (χ2n) is 6.98. The molecule has 0 aliphatic carbocycles. The van der Waals surface area contributed by atoms with E-state index in [1.807, 2.05) is 54.6 Å². The molecule has 0 amide bonds. The zero-order chi connectivity index (χ0) is 21.6. The van der Waals surface area contributed by atoms with Crippen LogP contribution in [0.2, 0.25) is 0 Å². The summed E-state index contributed by atoms with van der Waals surface area (Å²) in [5, 5.41) is 0.759. The number of imidazole rings is 1. The van der Waals surface area contributed by atoms with Gasteiger partial charge in [0.05, 0.1) is 23.7 Å². The molecule has 0 radical (unpaired) electrons. The molecule has 3 aromatic heterocycles. The maximum atomic E-state index is 12.0. The van der Waals surface area contributed by atoms with E-state index in [1.165, 1.54) is 6.20 Å². The number of fused-ring (bicyclic) bond motifs is 2. The first-order chi connectivity index (χ1) is 14.9. The van der Waals surface area contributed by atoms with Gasteiger partial charge in [-0.3, -0.25) is 4.57 Å². The van der Waals surface area contributed by atoms with Gasteiger partial charge in [0, 0.05) is 23.9 Å². The van der Waals surface area contributed by atoms with Crippen molar-refractivity contribution >= 4 is 31.8 Å². The average molecular weight is 431 g/mol. The lowest BCUT2D eigenvalue weighted by molar-refractivity contribution is 0.415. The van der Waals surface area contributed by atoms with Gasteiger partial charge in [-0.05, 0) is 30.3 Å². The number of hydrogen-bond donors (Lipinski definition) is 0. The third kappa shape index (κ3) is 3.38. The van der Waals surface area contributed by atoms with Crippen LogP contribution in [-0.2, 0) is 9.84 Å². The van der Waals surface area contributed by atoms with E-state index in [-0.39, 0.29) is 5.16 Å². The number of rotatable bonds is 4. The summed E-state index contributed by atoms with van der Waals surface area (Å²) < 4.78 is 31.2. The molecule has 2 aromatic carbocycles. The van der Waals surface area contributed by atoms with Crippen LogP contribution in [-0.4, -0.2) is 46.3 Å². The maximum Gasteiger partial charge on any atom is 0.248 e. The predicted molar refractivity (Wildman–Crippen MR) is 117 cm³/mol. The highest BCUT2D eigenvalue weighted by Gasteiger charge is 2.19. The first kappa shape index (κ1) is 19.1. The van der Waals surface area contributed by atoms with Crippen molar-refractivity contribution in [3.8, 4) is 23.1 Å². The van der Waals surface area contributed by atoms with Crippen molar-refractivity contribution in [2.75, 3.05) is 13.4 Å². The summed E-state index contributed by atoms with van der Waals surface area (Å²) in [4.78, 5) is 17.7. The van der Waals surface area contributed by atoms with Crippen LogP contribution >= 0.6 is 0 Å². The van der Waals surface area contributed by atoms with Crippen LogP contribution in [0, 0.1) is 0 Å². The summed E-state index contributed by atoms with van der Waals surface area (Å²) in [6, 6.07) is 18.8. The Labute approximate surface area is 178 Å². The molecule has 154 valence electrons. The van der Waals surface area contributed by atoms with E-state index in [0.717, 1.165) is 22.7 Å². The number of ether oxygens (including phenoxy) is 1. The first-order valence-corrected chi connectivity index (χ1v) is 11.3. The minimum absolute atomic E-state index is 0.252. The van der Waals surface area contributed by atoms with Gasteiger partial charge in [0.1, 0.15) is 17.3 Å². The standard InChI is InChI=1S/C22H17N5O3S/c1-30-15-8-10-19-18(13-15)25-21(17-9-7-14-5-3-4-6-16(14)24-17)27(19)20-11-12-23-22(26-20)31(2,28)29/h3-13H,1-2H3. The highest BCUT2D eigenvalue weighted by Crippen LogP contribution is 2.30. The Balaban J connectivity index is 1.82. The lowest BCUT2D eigenvalue weighted by Crippen LogP contribution is -2.08. The monoisotopic (exact) mass is 431 g/mol. The predicted octanol–water partition coefficient (Wildman–Crippen LogP) is 3.44. The van der Waals surface area contributed by atoms with Crippen LogP contribution < -0.4 is 4.74 Å². The van der Waals surface area contributed by atoms with Crippen LogP contribution in [0.4, 0.5) is 0 Å². The lowest BCUT2D eigenvalue weighted by atomic mass is 10.2. The minimum atomic E-state index is -3.58. The lowest BCUT2D eigenvalue weighted by Gasteiger charge is -2.09. The third-order valence-corrected chi connectivity index (χ3v) is 5.73. The number of hydrogen-bond acceptors (Lipinski definition) is 7. The van der Waals surface area contributed by atoms with Crippen molar-refractivity contribution in [3.63, 3.8) is 0 Å². The van der Waals surface area contributed by atoms with Crippen molar-refractivity contribution in [2.24, 2.45) is 0 Å². The number of aromatic nitrogens is 5. The third-order valence-electron chi connectivity index (χ3n) is 4.87. The molecule has 0 bridgehead atoms. The maximum absolute atomic E-state index is 12.0. The van der Waals surface area contributed by atoms with Crippen LogP contribution in [0.1, 0.15) is 0 Å². The van der Waals surface area contributed by atoms with Crippen molar-refractivity contribution in [3.05, 3.63) is 66.9 Å². The van der Waals surface area contributed by atoms with Crippen LogP contribution in [0.3, 0.4) is 0 Å². The van der Waals surface area contributed by atoms with Gasteiger partial charge in [0.25, 0.3) is 0 Å². The highest BCUT2D eigenvalue weighted by molar-refractivity contribution is 7.90. The molecule has 8 nitrogen and oxygen atoms in total. The molecule has 0 aliphatic rings. The fourth-order valence-electron chi connectivity index (χ4n) is 3.42. The fourth-order valence-corrected chi connectivity index (χ4v) is 3.93. The van der Waals surface area contributed by atoms with Crippen molar-refractivity contribution in [1.82, 2.24) is 24.5 Å². The van der Waals surface area contributed by atoms with Gasteiger partial charge >= 0.3 is 0 Å². The molecule has 0 saturated carbocycles. The smallest absolute Gasteiger partial charge is 0.248 e. The Morgan fingerprint density at radius 3 is 2.55 bits per heavy atom. The van der Waals surface area contributed by atoms with Crippen LogP contribution in [0.15, 0.2) is 72.0 Å². The number of para-hydroxylation sites is 1. The van der Waals surface area contributed by atoms with Gasteiger partial charge in [-0.25, -0.2) is 28.4 Å². The minimum Gasteiger partial charge on any atom is -0.497 e. The van der Waals surface area contributed by atoms with Crippen LogP contribution in [0.5, 0.6) is 5.75 Å². The van der Waals surface area contributed by atoms with Crippen molar-refractivity contribution in [1.29, 1.82) is 0 Å². The molecular weight excluding hydrogens is 414 g/mol. The van der Waals surface area contributed by atoms with E-state index in [0.29, 0.717) is 28.6 Å². The Morgan fingerprint density at radius 2 is 1.74 bits per heavy atom. The Hall–Kier alpha value is -3.85. The summed E-state index contributed by atoms with van der Waals surface area (Å²) >= 11 is 0. The SMILES string of the molecule is COc1ccc2c(c1)nc(-c1ccc3ccccc3n1)n2-c1ccnc(S(C)(=O)=O)n1. The quantitative estimate of drug-likeness (QED) is 0.402. The summed E-state index contributed by atoms with van der Waals surface area (Å²) in [7, 11) is -1.99. The molecular formula is C22H17N5O3S. The molecule has 5 aromatic rings. The van der Waals surface area contributed by atoms with Gasteiger partial charge in [-0.1, -0.05) is 24.3 Å². The molecule has 0 N–H and O–H groups in total. The van der Waals surface area contributed by atoms with Crippen molar-refractivity contribution in [2.45, 2.75) is 5.16 Å². The van der Waals surface area contributed by atoms with E-state index in [2.05, 4.69) is 9.97 Å². The molecule has 0 aliphatic heterocycles. The molecule has 5 rings (SSSR count). The molecule has 31 heavy (non-hydrogen) atoms. The molecule has 3 heterocycles. The second kappa shape index (κ2) is 7.13. The zero-order valence-corrected chi connectivity index (χ0v) is 17.5. The number of benzene rings is 2. The Kier molecular flexibility index (Phi) is 4.40. The zero-order valence-electron chi connectivity index (χ0n) is 16.7. The van der Waals surface area contributed by atoms with Crippen molar-refractivity contribution < 1.29 is 13.2 Å². The number of methoxy groups -OCH3 is 1. The highest BCUT2D eigenvalue weighted by atomic mass is 32.2. The van der Waals surface area contributed by atoms with Gasteiger partial charge in [0.2, 0.25) is 15.0 Å². The molecule has 0 unspecified atom stereocenters. The van der Waals surface area contributed by atoms with Gasteiger partial charge in [-0.2, -0.15) is 0 Å². The van der Waals surface area contributed by atoms with Crippen LogP contribution in [0.25, 0.3) is 39.3 Å². The van der Waals surface area contributed by atoms with Gasteiger partial charge in [-0.15, -0.1) is 0 Å². The Morgan fingerprint density at radius 1 is 0.903 bits per heavy atom. The molecule has 0 fully saturated rings. The molecule has 0 spiro atoms. The summed E-state index contributed by atoms with van der Waals surface area (Å²) in [5.41, 5.74) is 2.87. The number of sulfone groups is 1. The van der Waals surface area contributed by atoms with E-state index in [9.17, 15) is 8.42 Å². The first-order valence-electron chi connectivity index (χ1n) is 9.40. The molecule has 9 heteroatoms. The van der Waals surface area contributed by atoms with E-state index in [4.69, 9.17) is 14.7 Å². The summed E-state index contributed by atoms with van der Waals surface area (Å²) in [6.07, 6.45) is 2.50. The summed E-state index contributed by atoms with van der Waals surface area (Å²) in [5.74, 6) is 1.58.